The number of pyridine rings is 1. The standard InChI is InChI=1S/C11H10FN3O.V/c1-6-5-9(14-15-11(6)16)8-4-3-7(2)13-10(8)12;/h3-5H,1-2H3,(H,15,16);. The molecule has 0 saturated heterocycles. The van der Waals surface area contributed by atoms with Crippen LogP contribution in [-0.2, 0) is 18.6 Å². The monoisotopic (exact) mass is 270 g/mol. The maximum absolute atomic E-state index is 13.5. The Bertz CT molecular complexity index is 598. The van der Waals surface area contributed by atoms with E-state index in [4.69, 9.17) is 0 Å². The summed E-state index contributed by atoms with van der Waals surface area (Å²) in [5.74, 6) is -0.584. The van der Waals surface area contributed by atoms with Gasteiger partial charge in [0.25, 0.3) is 5.56 Å². The molecule has 0 bridgehead atoms. The SMILES string of the molecule is Cc1ccc(-c2cc(C)c(=O)[nH]n2)c(F)n1.[V]. The van der Waals surface area contributed by atoms with Crippen molar-refractivity contribution in [3.8, 4) is 11.3 Å². The number of nitrogens with zero attached hydrogens (tertiary/aromatic N) is 2. The number of hydrogen-bond acceptors (Lipinski definition) is 3. The number of aromatic amines is 1. The fraction of sp³-hybridized carbons (Fsp3) is 0.182. The van der Waals surface area contributed by atoms with Crippen LogP contribution < -0.4 is 5.56 Å². The number of aromatic nitrogens is 3. The van der Waals surface area contributed by atoms with Crippen LogP contribution in [0.5, 0.6) is 0 Å². The number of hydrogen-bond donors (Lipinski definition) is 1. The molecule has 0 unspecified atom stereocenters. The topological polar surface area (TPSA) is 58.6 Å². The van der Waals surface area contributed by atoms with Gasteiger partial charge in [0, 0.05) is 29.8 Å². The average molecular weight is 270 g/mol. The van der Waals surface area contributed by atoms with Crippen LogP contribution in [-0.4, -0.2) is 15.2 Å². The minimum Gasteiger partial charge on any atom is -0.268 e. The van der Waals surface area contributed by atoms with Crippen molar-refractivity contribution in [1.29, 1.82) is 0 Å². The van der Waals surface area contributed by atoms with Crippen LogP contribution in [0.3, 0.4) is 0 Å². The first-order valence-electron chi connectivity index (χ1n) is 4.78. The third kappa shape index (κ3) is 2.81. The van der Waals surface area contributed by atoms with Gasteiger partial charge in [-0.05, 0) is 32.0 Å². The first-order valence-corrected chi connectivity index (χ1v) is 4.78. The fourth-order valence-electron chi connectivity index (χ4n) is 1.36. The molecular formula is C11H10FN3OV. The Labute approximate surface area is 109 Å². The van der Waals surface area contributed by atoms with Crippen LogP contribution in [0.2, 0.25) is 0 Å². The summed E-state index contributed by atoms with van der Waals surface area (Å²) in [7, 11) is 0. The van der Waals surface area contributed by atoms with E-state index >= 15 is 0 Å². The van der Waals surface area contributed by atoms with Gasteiger partial charge in [-0.25, -0.2) is 10.1 Å². The molecule has 1 N–H and O–H groups in total. The van der Waals surface area contributed by atoms with Crippen molar-refractivity contribution < 1.29 is 22.9 Å². The first kappa shape index (κ1) is 13.6. The molecule has 4 nitrogen and oxygen atoms in total. The van der Waals surface area contributed by atoms with E-state index < -0.39 is 5.95 Å². The normalized spacial score (nSPS) is 9.82. The number of nitrogens with one attached hydrogen (secondary N) is 1. The van der Waals surface area contributed by atoms with Gasteiger partial charge < -0.3 is 0 Å². The van der Waals surface area contributed by atoms with Gasteiger partial charge >= 0.3 is 0 Å². The van der Waals surface area contributed by atoms with E-state index in [0.29, 0.717) is 17.0 Å². The Balaban J connectivity index is 0.00000144. The molecule has 2 aromatic heterocycles. The summed E-state index contributed by atoms with van der Waals surface area (Å²) in [4.78, 5) is 14.8. The van der Waals surface area contributed by atoms with E-state index in [2.05, 4.69) is 15.2 Å². The molecule has 6 heteroatoms. The average Bonchev–Trinajstić information content (AvgIpc) is 2.22. The van der Waals surface area contributed by atoms with Crippen LogP contribution in [0.25, 0.3) is 11.3 Å². The summed E-state index contributed by atoms with van der Waals surface area (Å²) in [6, 6.07) is 4.83. The van der Waals surface area contributed by atoms with E-state index in [0.717, 1.165) is 0 Å². The predicted octanol–water partition coefficient (Wildman–Crippen LogP) is 1.59. The predicted molar refractivity (Wildman–Crippen MR) is 57.5 cm³/mol. The van der Waals surface area contributed by atoms with E-state index in [1.54, 1.807) is 26.0 Å². The van der Waals surface area contributed by atoms with E-state index in [1.807, 2.05) is 0 Å². The second-order valence-electron chi connectivity index (χ2n) is 3.56. The number of rotatable bonds is 1. The van der Waals surface area contributed by atoms with Crippen LogP contribution in [0.15, 0.2) is 23.0 Å². The van der Waals surface area contributed by atoms with Crippen molar-refractivity contribution in [3.05, 3.63) is 45.8 Å². The van der Waals surface area contributed by atoms with Crippen LogP contribution in [0.1, 0.15) is 11.3 Å². The largest absolute Gasteiger partial charge is 0.268 e. The van der Waals surface area contributed by atoms with Gasteiger partial charge in [0.2, 0.25) is 5.95 Å². The zero-order valence-electron chi connectivity index (χ0n) is 9.36. The van der Waals surface area contributed by atoms with Gasteiger partial charge in [0.05, 0.1) is 11.3 Å². The van der Waals surface area contributed by atoms with Crippen molar-refractivity contribution in [3.63, 3.8) is 0 Å². The fourth-order valence-corrected chi connectivity index (χ4v) is 1.36. The maximum atomic E-state index is 13.5. The molecule has 2 aromatic rings. The molecule has 0 aliphatic heterocycles. The number of halogens is 1. The summed E-state index contributed by atoms with van der Waals surface area (Å²) < 4.78 is 13.5. The van der Waals surface area contributed by atoms with Gasteiger partial charge in [-0.2, -0.15) is 9.49 Å². The molecule has 0 aromatic carbocycles. The Morgan fingerprint density at radius 2 is 2.00 bits per heavy atom. The van der Waals surface area contributed by atoms with E-state index in [1.165, 1.54) is 6.07 Å². The molecule has 1 radical (unpaired) electrons. The van der Waals surface area contributed by atoms with Crippen molar-refractivity contribution >= 4 is 0 Å². The molecule has 0 amide bonds. The Morgan fingerprint density at radius 3 is 2.59 bits per heavy atom. The van der Waals surface area contributed by atoms with Gasteiger partial charge in [-0.1, -0.05) is 0 Å². The van der Waals surface area contributed by atoms with Crippen LogP contribution >= 0.6 is 0 Å². The zero-order chi connectivity index (χ0) is 11.7. The molecule has 0 aliphatic rings. The van der Waals surface area contributed by atoms with Crippen molar-refractivity contribution in [2.24, 2.45) is 0 Å². The summed E-state index contributed by atoms with van der Waals surface area (Å²) in [6.45, 7) is 3.35. The first-order chi connectivity index (χ1) is 7.58. The number of aryl methyl sites for hydroxylation is 2. The molecule has 17 heavy (non-hydrogen) atoms. The molecule has 2 heterocycles. The van der Waals surface area contributed by atoms with Crippen LogP contribution in [0, 0.1) is 19.8 Å². The van der Waals surface area contributed by atoms with Gasteiger partial charge in [-0.3, -0.25) is 4.79 Å². The van der Waals surface area contributed by atoms with Gasteiger partial charge in [0.15, 0.2) is 0 Å². The summed E-state index contributed by atoms with van der Waals surface area (Å²) in [5.41, 5.74) is 1.48. The molecule has 0 atom stereocenters. The molecular weight excluding hydrogens is 260 g/mol. The molecule has 0 fully saturated rings. The van der Waals surface area contributed by atoms with Crippen molar-refractivity contribution in [2.45, 2.75) is 13.8 Å². The summed E-state index contributed by atoms with van der Waals surface area (Å²) in [6.07, 6.45) is 0. The number of H-pyrrole nitrogens is 1. The maximum Gasteiger partial charge on any atom is 0.267 e. The van der Waals surface area contributed by atoms with Gasteiger partial charge in [-0.15, -0.1) is 0 Å². The summed E-state index contributed by atoms with van der Waals surface area (Å²) in [5, 5.41) is 6.09. The quantitative estimate of drug-likeness (QED) is 0.800. The van der Waals surface area contributed by atoms with Crippen molar-refractivity contribution in [2.75, 3.05) is 0 Å². The third-order valence-electron chi connectivity index (χ3n) is 2.25. The minimum absolute atomic E-state index is 0. The second kappa shape index (κ2) is 5.25. The zero-order valence-corrected chi connectivity index (χ0v) is 10.8. The van der Waals surface area contributed by atoms with Crippen LogP contribution in [0.4, 0.5) is 4.39 Å². The molecule has 87 valence electrons. The van der Waals surface area contributed by atoms with E-state index in [9.17, 15) is 9.18 Å². The van der Waals surface area contributed by atoms with E-state index in [-0.39, 0.29) is 29.7 Å². The third-order valence-corrected chi connectivity index (χ3v) is 2.25. The Kier molecular flexibility index (Phi) is 4.20. The molecule has 2 rings (SSSR count). The Morgan fingerprint density at radius 1 is 1.29 bits per heavy atom. The second-order valence-corrected chi connectivity index (χ2v) is 3.56. The minimum atomic E-state index is -0.584. The molecule has 0 aliphatic carbocycles. The van der Waals surface area contributed by atoms with Gasteiger partial charge in [0.1, 0.15) is 0 Å². The Hall–Kier alpha value is -1.46. The smallest absolute Gasteiger partial charge is 0.267 e. The van der Waals surface area contributed by atoms with Crippen molar-refractivity contribution in [1.82, 2.24) is 15.2 Å². The summed E-state index contributed by atoms with van der Waals surface area (Å²) >= 11 is 0. The molecule has 0 spiro atoms. The molecule has 0 saturated carbocycles.